The van der Waals surface area contributed by atoms with Gasteiger partial charge in [0.25, 0.3) is 0 Å². The van der Waals surface area contributed by atoms with Crippen LogP contribution in [0.25, 0.3) is 0 Å². The molecule has 1 atom stereocenters. The molecule has 1 aliphatic rings. The fourth-order valence-electron chi connectivity index (χ4n) is 2.15. The lowest BCUT2D eigenvalue weighted by atomic mass is 9.95. The Balaban J connectivity index is 2.29. The van der Waals surface area contributed by atoms with Gasteiger partial charge in [-0.05, 0) is 33.2 Å². The Bertz CT molecular complexity index is 232. The molecule has 1 fully saturated rings. The van der Waals surface area contributed by atoms with Gasteiger partial charge in [-0.3, -0.25) is 9.69 Å². The van der Waals surface area contributed by atoms with Crippen LogP contribution in [-0.2, 0) is 14.3 Å². The van der Waals surface area contributed by atoms with E-state index in [0.717, 1.165) is 32.5 Å². The maximum atomic E-state index is 11.2. The lowest BCUT2D eigenvalue weighted by Gasteiger charge is -2.39. The lowest BCUT2D eigenvalue weighted by molar-refractivity contribution is -0.144. The van der Waals surface area contributed by atoms with Gasteiger partial charge in [-0.15, -0.1) is 0 Å². The van der Waals surface area contributed by atoms with Crippen LogP contribution in [0.15, 0.2) is 0 Å². The van der Waals surface area contributed by atoms with E-state index in [1.54, 1.807) is 7.11 Å². The van der Waals surface area contributed by atoms with Crippen molar-refractivity contribution in [2.45, 2.75) is 38.7 Å². The molecule has 1 heterocycles. The van der Waals surface area contributed by atoms with Crippen LogP contribution in [0.4, 0.5) is 0 Å². The highest BCUT2D eigenvalue weighted by Crippen LogP contribution is 2.23. The number of ether oxygens (including phenoxy) is 2. The standard InChI is InChI=1S/C12H23NO3/c1-4-16-11(14)6-9-13-8-5-7-12(2,10-13)15-3/h4-10H2,1-3H3. The average Bonchev–Trinajstić information content (AvgIpc) is 2.27. The molecule has 0 N–H and O–H groups in total. The Hall–Kier alpha value is -0.610. The molecule has 1 aliphatic heterocycles. The highest BCUT2D eigenvalue weighted by Gasteiger charge is 2.30. The second-order valence-corrected chi connectivity index (χ2v) is 4.59. The first-order valence-corrected chi connectivity index (χ1v) is 6.03. The normalized spacial score (nSPS) is 26.7. The summed E-state index contributed by atoms with van der Waals surface area (Å²) in [5, 5.41) is 0. The third kappa shape index (κ3) is 4.10. The SMILES string of the molecule is CCOC(=O)CCN1CCCC(C)(OC)C1. The molecule has 0 bridgehead atoms. The molecule has 1 saturated heterocycles. The number of carbonyl (C=O) groups is 1. The molecule has 0 aromatic heterocycles. The van der Waals surface area contributed by atoms with Crippen LogP contribution in [0.1, 0.15) is 33.1 Å². The topological polar surface area (TPSA) is 38.8 Å². The molecule has 0 aromatic rings. The van der Waals surface area contributed by atoms with Crippen molar-refractivity contribution in [3.8, 4) is 0 Å². The minimum absolute atomic E-state index is 0.0487. The Morgan fingerprint density at radius 3 is 2.88 bits per heavy atom. The lowest BCUT2D eigenvalue weighted by Crippen LogP contribution is -2.47. The third-order valence-electron chi connectivity index (χ3n) is 3.17. The van der Waals surface area contributed by atoms with Gasteiger partial charge < -0.3 is 9.47 Å². The second kappa shape index (κ2) is 6.21. The molecule has 1 unspecified atom stereocenters. The van der Waals surface area contributed by atoms with Gasteiger partial charge in [0.05, 0.1) is 18.6 Å². The molecule has 0 amide bonds. The molecular weight excluding hydrogens is 206 g/mol. The zero-order valence-corrected chi connectivity index (χ0v) is 10.6. The number of hydrogen-bond donors (Lipinski definition) is 0. The molecule has 4 heteroatoms. The quantitative estimate of drug-likeness (QED) is 0.669. The number of piperidine rings is 1. The van der Waals surface area contributed by atoms with E-state index in [0.29, 0.717) is 13.0 Å². The first kappa shape index (κ1) is 13.5. The van der Waals surface area contributed by atoms with E-state index < -0.39 is 0 Å². The molecule has 0 saturated carbocycles. The number of hydrogen-bond acceptors (Lipinski definition) is 4. The summed E-state index contributed by atoms with van der Waals surface area (Å²) in [7, 11) is 1.76. The summed E-state index contributed by atoms with van der Waals surface area (Å²) >= 11 is 0. The number of nitrogens with zero attached hydrogens (tertiary/aromatic N) is 1. The fraction of sp³-hybridized carbons (Fsp3) is 0.917. The minimum atomic E-state index is -0.104. The Morgan fingerprint density at radius 2 is 2.25 bits per heavy atom. The first-order valence-electron chi connectivity index (χ1n) is 6.03. The minimum Gasteiger partial charge on any atom is -0.466 e. The van der Waals surface area contributed by atoms with Gasteiger partial charge >= 0.3 is 5.97 Å². The summed E-state index contributed by atoms with van der Waals surface area (Å²) in [6, 6.07) is 0. The fourth-order valence-corrected chi connectivity index (χ4v) is 2.15. The summed E-state index contributed by atoms with van der Waals surface area (Å²) in [6.45, 7) is 7.16. The molecule has 4 nitrogen and oxygen atoms in total. The molecule has 16 heavy (non-hydrogen) atoms. The van der Waals surface area contributed by atoms with Crippen LogP contribution in [0.5, 0.6) is 0 Å². The molecule has 0 aliphatic carbocycles. The summed E-state index contributed by atoms with van der Waals surface area (Å²) in [4.78, 5) is 13.5. The van der Waals surface area contributed by atoms with Crippen molar-refractivity contribution < 1.29 is 14.3 Å². The number of carbonyl (C=O) groups excluding carboxylic acids is 1. The summed E-state index contributed by atoms with van der Waals surface area (Å²) < 4.78 is 10.4. The Labute approximate surface area is 97.9 Å². The van der Waals surface area contributed by atoms with E-state index >= 15 is 0 Å². The van der Waals surface area contributed by atoms with E-state index in [-0.39, 0.29) is 11.6 Å². The maximum absolute atomic E-state index is 11.2. The van der Waals surface area contributed by atoms with Crippen LogP contribution in [0.2, 0.25) is 0 Å². The van der Waals surface area contributed by atoms with Crippen molar-refractivity contribution >= 4 is 5.97 Å². The zero-order chi connectivity index (χ0) is 12.0. The highest BCUT2D eigenvalue weighted by molar-refractivity contribution is 5.69. The monoisotopic (exact) mass is 229 g/mol. The molecule has 94 valence electrons. The van der Waals surface area contributed by atoms with E-state index in [2.05, 4.69) is 11.8 Å². The summed E-state index contributed by atoms with van der Waals surface area (Å²) in [6.07, 6.45) is 2.71. The van der Waals surface area contributed by atoms with Gasteiger partial charge in [-0.25, -0.2) is 0 Å². The molecule has 0 radical (unpaired) electrons. The van der Waals surface area contributed by atoms with Crippen molar-refractivity contribution in [1.82, 2.24) is 4.90 Å². The van der Waals surface area contributed by atoms with Crippen LogP contribution < -0.4 is 0 Å². The number of esters is 1. The zero-order valence-electron chi connectivity index (χ0n) is 10.6. The number of rotatable bonds is 5. The van der Waals surface area contributed by atoms with Gasteiger partial charge in [0, 0.05) is 20.2 Å². The average molecular weight is 229 g/mol. The maximum Gasteiger partial charge on any atom is 0.307 e. The van der Waals surface area contributed by atoms with Gasteiger partial charge in [0.2, 0.25) is 0 Å². The van der Waals surface area contributed by atoms with Crippen LogP contribution in [0, 0.1) is 0 Å². The van der Waals surface area contributed by atoms with Gasteiger partial charge in [-0.1, -0.05) is 0 Å². The van der Waals surface area contributed by atoms with Crippen LogP contribution >= 0.6 is 0 Å². The largest absolute Gasteiger partial charge is 0.466 e. The smallest absolute Gasteiger partial charge is 0.307 e. The first-order chi connectivity index (χ1) is 7.59. The van der Waals surface area contributed by atoms with E-state index in [1.807, 2.05) is 6.92 Å². The van der Waals surface area contributed by atoms with Crippen LogP contribution in [-0.4, -0.2) is 49.8 Å². The Kier molecular flexibility index (Phi) is 5.22. The van der Waals surface area contributed by atoms with Crippen molar-refractivity contribution in [2.24, 2.45) is 0 Å². The molecular formula is C12H23NO3. The predicted octanol–water partition coefficient (Wildman–Crippen LogP) is 1.44. The van der Waals surface area contributed by atoms with Crippen molar-refractivity contribution in [1.29, 1.82) is 0 Å². The Morgan fingerprint density at radius 1 is 1.50 bits per heavy atom. The predicted molar refractivity (Wildman–Crippen MR) is 62.3 cm³/mol. The molecule has 0 spiro atoms. The van der Waals surface area contributed by atoms with E-state index in [1.165, 1.54) is 0 Å². The second-order valence-electron chi connectivity index (χ2n) is 4.59. The highest BCUT2D eigenvalue weighted by atomic mass is 16.5. The van der Waals surface area contributed by atoms with E-state index in [9.17, 15) is 4.79 Å². The third-order valence-corrected chi connectivity index (χ3v) is 3.17. The van der Waals surface area contributed by atoms with Gasteiger partial charge in [0.15, 0.2) is 0 Å². The van der Waals surface area contributed by atoms with E-state index in [4.69, 9.17) is 9.47 Å². The van der Waals surface area contributed by atoms with Crippen molar-refractivity contribution in [2.75, 3.05) is 33.4 Å². The van der Waals surface area contributed by atoms with Gasteiger partial charge in [-0.2, -0.15) is 0 Å². The van der Waals surface area contributed by atoms with Crippen molar-refractivity contribution in [3.05, 3.63) is 0 Å². The molecule has 0 aromatic carbocycles. The number of methoxy groups -OCH3 is 1. The van der Waals surface area contributed by atoms with Gasteiger partial charge in [0.1, 0.15) is 0 Å². The van der Waals surface area contributed by atoms with Crippen molar-refractivity contribution in [3.63, 3.8) is 0 Å². The summed E-state index contributed by atoms with van der Waals surface area (Å²) in [5.74, 6) is -0.104. The number of likely N-dealkylation sites (tertiary alicyclic amines) is 1. The van der Waals surface area contributed by atoms with Crippen LogP contribution in [0.3, 0.4) is 0 Å². The molecule has 1 rings (SSSR count). The summed E-state index contributed by atoms with van der Waals surface area (Å²) in [5.41, 5.74) is -0.0487.